The van der Waals surface area contributed by atoms with Crippen LogP contribution in [0, 0.1) is 5.92 Å². The van der Waals surface area contributed by atoms with Gasteiger partial charge in [-0.1, -0.05) is 26.0 Å². The highest BCUT2D eigenvalue weighted by molar-refractivity contribution is 5.79. The van der Waals surface area contributed by atoms with Crippen LogP contribution in [0.15, 0.2) is 30.3 Å². The van der Waals surface area contributed by atoms with Gasteiger partial charge in [-0.3, -0.25) is 9.89 Å². The van der Waals surface area contributed by atoms with Gasteiger partial charge in [0.2, 0.25) is 0 Å². The molecular weight excluding hydrogens is 326 g/mol. The number of ether oxygens (including phenoxy) is 1. The van der Waals surface area contributed by atoms with Crippen LogP contribution in [0.2, 0.25) is 0 Å². The number of hydrogen-bond acceptors (Lipinski definition) is 4. The summed E-state index contributed by atoms with van der Waals surface area (Å²) in [7, 11) is 5.69. The van der Waals surface area contributed by atoms with Crippen molar-refractivity contribution in [2.75, 3.05) is 67.1 Å². The summed E-state index contributed by atoms with van der Waals surface area (Å²) < 4.78 is 5.09. The highest BCUT2D eigenvalue weighted by atomic mass is 16.5. The van der Waals surface area contributed by atoms with Crippen LogP contribution in [-0.4, -0.2) is 88.9 Å². The third-order valence-corrected chi connectivity index (χ3v) is 4.34. The van der Waals surface area contributed by atoms with Crippen molar-refractivity contribution in [2.45, 2.75) is 26.3 Å². The van der Waals surface area contributed by atoms with E-state index in [-0.39, 0.29) is 0 Å². The molecule has 0 aliphatic carbocycles. The lowest BCUT2D eigenvalue weighted by Crippen LogP contribution is -2.50. The average molecular weight is 368 g/mol. The van der Waals surface area contributed by atoms with Gasteiger partial charge in [-0.25, -0.2) is 0 Å². The van der Waals surface area contributed by atoms with Crippen LogP contribution in [0.4, 0.5) is 0 Å². The molecule has 0 rings (SSSR count). The van der Waals surface area contributed by atoms with Gasteiger partial charge in [-0.2, -0.15) is 0 Å². The van der Waals surface area contributed by atoms with Crippen molar-refractivity contribution in [3.63, 3.8) is 0 Å². The molecule has 0 aromatic heterocycles. The number of methoxy groups -OCH3 is 1. The second-order valence-corrected chi connectivity index (χ2v) is 6.87. The van der Waals surface area contributed by atoms with Crippen LogP contribution in [0.5, 0.6) is 0 Å². The van der Waals surface area contributed by atoms with Gasteiger partial charge in [-0.05, 0) is 19.4 Å². The molecule has 152 valence electrons. The normalized spacial score (nSPS) is 13.3. The minimum atomic E-state index is 0.390. The van der Waals surface area contributed by atoms with Crippen LogP contribution >= 0.6 is 0 Å². The highest BCUT2D eigenvalue weighted by Gasteiger charge is 2.20. The average Bonchev–Trinajstić information content (AvgIpc) is 2.60. The molecule has 6 nitrogen and oxygen atoms in total. The molecule has 0 saturated heterocycles. The fourth-order valence-electron chi connectivity index (χ4n) is 2.84. The van der Waals surface area contributed by atoms with Crippen molar-refractivity contribution in [3.05, 3.63) is 25.3 Å². The van der Waals surface area contributed by atoms with Crippen molar-refractivity contribution < 1.29 is 4.74 Å². The standard InChI is InChI=1S/C20H41N5O/c1-8-12-25(13-9-2)19(18(3)4)17-23-20(21-5)22-11-15-24(6)14-10-16-26-7/h8-9,18-19H,1-2,10-17H2,3-7H3,(H2,21,22,23). The lowest BCUT2D eigenvalue weighted by molar-refractivity contribution is 0.180. The summed E-state index contributed by atoms with van der Waals surface area (Å²) >= 11 is 0. The first-order valence-electron chi connectivity index (χ1n) is 9.57. The molecule has 26 heavy (non-hydrogen) atoms. The third kappa shape index (κ3) is 11.3. The fourth-order valence-corrected chi connectivity index (χ4v) is 2.84. The SMILES string of the molecule is C=CCN(CC=C)C(CNC(=NC)NCCN(C)CCCOC)C(C)C. The van der Waals surface area contributed by atoms with Gasteiger partial charge in [0.05, 0.1) is 0 Å². The summed E-state index contributed by atoms with van der Waals surface area (Å²) in [6.45, 7) is 18.5. The molecule has 0 bridgehead atoms. The van der Waals surface area contributed by atoms with Gasteiger partial charge in [0.15, 0.2) is 5.96 Å². The van der Waals surface area contributed by atoms with E-state index < -0.39 is 0 Å². The number of rotatable bonds is 15. The summed E-state index contributed by atoms with van der Waals surface area (Å²) in [6.07, 6.45) is 4.95. The largest absolute Gasteiger partial charge is 0.385 e. The zero-order valence-corrected chi connectivity index (χ0v) is 17.6. The number of nitrogens with zero attached hydrogens (tertiary/aromatic N) is 3. The summed E-state index contributed by atoms with van der Waals surface area (Å²) in [4.78, 5) is 9.02. The van der Waals surface area contributed by atoms with E-state index in [9.17, 15) is 0 Å². The molecule has 0 saturated carbocycles. The molecule has 1 unspecified atom stereocenters. The molecule has 0 radical (unpaired) electrons. The second kappa shape index (κ2) is 15.9. The van der Waals surface area contributed by atoms with E-state index in [4.69, 9.17) is 4.74 Å². The van der Waals surface area contributed by atoms with Gasteiger partial charge >= 0.3 is 0 Å². The van der Waals surface area contributed by atoms with E-state index >= 15 is 0 Å². The van der Waals surface area contributed by atoms with E-state index in [1.807, 2.05) is 19.2 Å². The second-order valence-electron chi connectivity index (χ2n) is 6.87. The van der Waals surface area contributed by atoms with Crippen LogP contribution in [-0.2, 0) is 4.74 Å². The summed E-state index contributed by atoms with van der Waals surface area (Å²) in [5, 5.41) is 6.86. The van der Waals surface area contributed by atoms with Crippen molar-refractivity contribution in [2.24, 2.45) is 10.9 Å². The van der Waals surface area contributed by atoms with Gasteiger partial charge in [0, 0.05) is 66.1 Å². The molecule has 0 amide bonds. The van der Waals surface area contributed by atoms with E-state index in [2.05, 4.69) is 59.5 Å². The number of aliphatic imine (C=N–C) groups is 1. The zero-order valence-electron chi connectivity index (χ0n) is 17.6. The molecule has 2 N–H and O–H groups in total. The first kappa shape index (κ1) is 24.6. The van der Waals surface area contributed by atoms with E-state index in [1.54, 1.807) is 7.11 Å². The predicted octanol–water partition coefficient (Wildman–Crippen LogP) is 1.82. The molecule has 6 heteroatoms. The Morgan fingerprint density at radius 3 is 2.31 bits per heavy atom. The Balaban J connectivity index is 4.38. The Morgan fingerprint density at radius 1 is 1.15 bits per heavy atom. The van der Waals surface area contributed by atoms with Crippen LogP contribution in [0.3, 0.4) is 0 Å². The molecule has 0 aromatic carbocycles. The number of hydrogen-bond donors (Lipinski definition) is 2. The summed E-state index contributed by atoms with van der Waals surface area (Å²) in [5.74, 6) is 1.37. The van der Waals surface area contributed by atoms with E-state index in [1.165, 1.54) is 0 Å². The van der Waals surface area contributed by atoms with Crippen molar-refractivity contribution in [1.29, 1.82) is 0 Å². The Hall–Kier alpha value is -1.37. The Labute approximate surface area is 161 Å². The number of guanidine groups is 1. The van der Waals surface area contributed by atoms with E-state index in [0.29, 0.717) is 12.0 Å². The first-order valence-corrected chi connectivity index (χ1v) is 9.57. The highest BCUT2D eigenvalue weighted by Crippen LogP contribution is 2.10. The van der Waals surface area contributed by atoms with Gasteiger partial charge in [-0.15, -0.1) is 13.2 Å². The van der Waals surface area contributed by atoms with Crippen molar-refractivity contribution in [1.82, 2.24) is 20.4 Å². The maximum Gasteiger partial charge on any atom is 0.191 e. The number of likely N-dealkylation sites (N-methyl/N-ethyl adjacent to an activating group) is 1. The Kier molecular flexibility index (Phi) is 15.0. The topological polar surface area (TPSA) is 52.1 Å². The van der Waals surface area contributed by atoms with Crippen molar-refractivity contribution >= 4 is 5.96 Å². The maximum absolute atomic E-state index is 5.09. The summed E-state index contributed by atoms with van der Waals surface area (Å²) in [6, 6.07) is 0.390. The molecule has 0 spiro atoms. The van der Waals surface area contributed by atoms with Crippen LogP contribution < -0.4 is 10.6 Å². The smallest absolute Gasteiger partial charge is 0.191 e. The molecule has 0 aromatic rings. The van der Waals surface area contributed by atoms with Gasteiger partial charge in [0.25, 0.3) is 0 Å². The summed E-state index contributed by atoms with van der Waals surface area (Å²) in [5.41, 5.74) is 0. The molecule has 1 atom stereocenters. The first-order chi connectivity index (χ1) is 12.5. The van der Waals surface area contributed by atoms with Gasteiger partial charge in [0.1, 0.15) is 0 Å². The minimum Gasteiger partial charge on any atom is -0.385 e. The van der Waals surface area contributed by atoms with Crippen LogP contribution in [0.1, 0.15) is 20.3 Å². The number of nitrogens with one attached hydrogen (secondary N) is 2. The zero-order chi connectivity index (χ0) is 19.8. The lowest BCUT2D eigenvalue weighted by atomic mass is 10.0. The molecule has 0 heterocycles. The lowest BCUT2D eigenvalue weighted by Gasteiger charge is -2.33. The minimum absolute atomic E-state index is 0.390. The Morgan fingerprint density at radius 2 is 1.81 bits per heavy atom. The predicted molar refractivity (Wildman–Crippen MR) is 114 cm³/mol. The van der Waals surface area contributed by atoms with E-state index in [0.717, 1.165) is 58.3 Å². The molecule has 0 aliphatic rings. The third-order valence-electron chi connectivity index (χ3n) is 4.34. The maximum atomic E-state index is 5.09. The molecule has 0 fully saturated rings. The van der Waals surface area contributed by atoms with Crippen molar-refractivity contribution in [3.8, 4) is 0 Å². The monoisotopic (exact) mass is 367 g/mol. The fraction of sp³-hybridized carbons (Fsp3) is 0.750. The quantitative estimate of drug-likeness (QED) is 0.200. The Bertz CT molecular complexity index is 388. The molecular formula is C20H41N5O. The van der Waals surface area contributed by atoms with Gasteiger partial charge < -0.3 is 20.3 Å². The van der Waals surface area contributed by atoms with Crippen LogP contribution in [0.25, 0.3) is 0 Å². The molecule has 0 aliphatic heterocycles.